The van der Waals surface area contributed by atoms with Crippen molar-refractivity contribution in [2.45, 2.75) is 33.1 Å². The van der Waals surface area contributed by atoms with Crippen LogP contribution in [0.4, 0.5) is 0 Å². The minimum Gasteiger partial charge on any atom is -0.387 e. The van der Waals surface area contributed by atoms with Gasteiger partial charge in [0.1, 0.15) is 0 Å². The Balaban J connectivity index is 2.64. The van der Waals surface area contributed by atoms with Crippen LogP contribution in [0.3, 0.4) is 0 Å². The average molecular weight is 310 g/mol. The van der Waals surface area contributed by atoms with Crippen molar-refractivity contribution in [2.75, 3.05) is 6.54 Å². The number of allylic oxidation sites excluding steroid dienone is 8. The van der Waals surface area contributed by atoms with Gasteiger partial charge in [0.25, 0.3) is 0 Å². The monoisotopic (exact) mass is 310 g/mol. The molecule has 0 aromatic rings. The van der Waals surface area contributed by atoms with Crippen LogP contribution in [0.5, 0.6) is 0 Å². The molecule has 2 N–H and O–H groups in total. The molecule has 0 amide bonds. The average Bonchev–Trinajstić information content (AvgIpc) is 2.53. The minimum atomic E-state index is 0.426. The van der Waals surface area contributed by atoms with Crippen molar-refractivity contribution < 1.29 is 0 Å². The molecule has 23 heavy (non-hydrogen) atoms. The molecule has 0 heterocycles. The van der Waals surface area contributed by atoms with Crippen molar-refractivity contribution in [2.24, 2.45) is 22.6 Å². The number of hydrogen-bond donors (Lipinski definition) is 1. The fraction of sp³-hybridized carbons (Fsp3) is 0.381. The third-order valence-electron chi connectivity index (χ3n) is 3.86. The Hall–Kier alpha value is -2.09. The summed E-state index contributed by atoms with van der Waals surface area (Å²) < 4.78 is 0. The highest BCUT2D eigenvalue weighted by molar-refractivity contribution is 5.80. The molecular weight excluding hydrogens is 280 g/mol. The number of hydrogen-bond acceptors (Lipinski definition) is 1. The zero-order chi connectivity index (χ0) is 17.1. The van der Waals surface area contributed by atoms with E-state index in [-0.39, 0.29) is 0 Å². The molecule has 0 spiro atoms. The second-order valence-electron chi connectivity index (χ2n) is 5.98. The Kier molecular flexibility index (Phi) is 8.74. The molecule has 1 aliphatic rings. The van der Waals surface area contributed by atoms with Crippen molar-refractivity contribution in [3.8, 4) is 0 Å². The summed E-state index contributed by atoms with van der Waals surface area (Å²) in [5.74, 6) is 1.63. The quantitative estimate of drug-likeness (QED) is 0.272. The second-order valence-corrected chi connectivity index (χ2v) is 5.98. The molecule has 0 aromatic heterocycles. The SMILES string of the molecule is C=C/C=C(\C=C/CC1C=CC=CC1C(=C)C)CN=C(N)CCC. The third-order valence-corrected chi connectivity index (χ3v) is 3.86. The van der Waals surface area contributed by atoms with Crippen LogP contribution < -0.4 is 5.73 Å². The summed E-state index contributed by atoms with van der Waals surface area (Å²) in [5.41, 5.74) is 8.21. The normalized spacial score (nSPS) is 21.8. The second kappa shape index (κ2) is 10.6. The molecule has 0 aliphatic heterocycles. The molecule has 2 atom stereocenters. The van der Waals surface area contributed by atoms with Crippen molar-refractivity contribution in [1.82, 2.24) is 0 Å². The molecule has 2 nitrogen and oxygen atoms in total. The molecule has 2 heteroatoms. The lowest BCUT2D eigenvalue weighted by molar-refractivity contribution is 0.535. The number of amidine groups is 1. The van der Waals surface area contributed by atoms with E-state index < -0.39 is 0 Å². The van der Waals surface area contributed by atoms with Gasteiger partial charge in [-0.15, -0.1) is 0 Å². The van der Waals surface area contributed by atoms with Crippen molar-refractivity contribution >= 4 is 5.84 Å². The Morgan fingerprint density at radius 2 is 2.04 bits per heavy atom. The zero-order valence-corrected chi connectivity index (χ0v) is 14.5. The number of nitrogens with two attached hydrogens (primary N) is 1. The fourth-order valence-electron chi connectivity index (χ4n) is 2.62. The van der Waals surface area contributed by atoms with Gasteiger partial charge in [-0.3, -0.25) is 4.99 Å². The maximum atomic E-state index is 5.87. The Morgan fingerprint density at radius 3 is 2.70 bits per heavy atom. The highest BCUT2D eigenvalue weighted by Crippen LogP contribution is 2.28. The van der Waals surface area contributed by atoms with Crippen LogP contribution in [0.15, 0.2) is 77.9 Å². The summed E-state index contributed by atoms with van der Waals surface area (Å²) in [6.45, 7) is 12.7. The predicted molar refractivity (Wildman–Crippen MR) is 104 cm³/mol. The van der Waals surface area contributed by atoms with Gasteiger partial charge in [-0.05, 0) is 31.3 Å². The van der Waals surface area contributed by atoms with E-state index in [1.54, 1.807) is 6.08 Å². The summed E-state index contributed by atoms with van der Waals surface area (Å²) >= 11 is 0. The van der Waals surface area contributed by atoms with Crippen LogP contribution in [0.1, 0.15) is 33.1 Å². The maximum Gasteiger partial charge on any atom is 0.0941 e. The minimum absolute atomic E-state index is 0.426. The summed E-state index contributed by atoms with van der Waals surface area (Å²) in [4.78, 5) is 4.43. The van der Waals surface area contributed by atoms with E-state index in [0.717, 1.165) is 30.7 Å². The molecule has 0 saturated heterocycles. The molecule has 0 bridgehead atoms. The standard InChI is InChI=1S/C21H30N2/c1-5-10-18(16-23-21(22)11-6-2)12-9-14-19-13-7-8-15-20(19)17(3)4/h5,7-10,12-13,15,19-20H,1,3,6,11,14,16H2,2,4H3,(H2,22,23)/b12-9-,18-10+. The number of rotatable bonds is 9. The number of nitrogens with zero attached hydrogens (tertiary/aromatic N) is 1. The summed E-state index contributed by atoms with van der Waals surface area (Å²) in [6.07, 6.45) is 19.7. The molecule has 0 radical (unpaired) electrons. The number of aliphatic imine (C=N–C) groups is 1. The highest BCUT2D eigenvalue weighted by atomic mass is 14.8. The lowest BCUT2D eigenvalue weighted by Gasteiger charge is -2.23. The van der Waals surface area contributed by atoms with Crippen molar-refractivity contribution in [3.05, 3.63) is 72.9 Å². The first-order chi connectivity index (χ1) is 11.1. The molecule has 0 saturated carbocycles. The highest BCUT2D eigenvalue weighted by Gasteiger charge is 2.17. The first-order valence-corrected chi connectivity index (χ1v) is 8.35. The van der Waals surface area contributed by atoms with E-state index in [1.165, 1.54) is 5.57 Å². The predicted octanol–water partition coefficient (Wildman–Crippen LogP) is 5.14. The van der Waals surface area contributed by atoms with Crippen molar-refractivity contribution in [1.29, 1.82) is 0 Å². The van der Waals surface area contributed by atoms with Crippen LogP contribution in [0.2, 0.25) is 0 Å². The van der Waals surface area contributed by atoms with Gasteiger partial charge in [-0.1, -0.05) is 74.3 Å². The molecule has 1 rings (SSSR count). The van der Waals surface area contributed by atoms with E-state index >= 15 is 0 Å². The summed E-state index contributed by atoms with van der Waals surface area (Å²) in [7, 11) is 0. The summed E-state index contributed by atoms with van der Waals surface area (Å²) in [5, 5.41) is 0. The van der Waals surface area contributed by atoms with Crippen LogP contribution >= 0.6 is 0 Å². The third kappa shape index (κ3) is 7.14. The molecular formula is C21H30N2. The van der Waals surface area contributed by atoms with Gasteiger partial charge >= 0.3 is 0 Å². The van der Waals surface area contributed by atoms with Crippen LogP contribution in [-0.4, -0.2) is 12.4 Å². The molecule has 1 aliphatic carbocycles. The van der Waals surface area contributed by atoms with E-state index in [4.69, 9.17) is 5.73 Å². The van der Waals surface area contributed by atoms with Gasteiger partial charge in [0, 0.05) is 12.3 Å². The zero-order valence-electron chi connectivity index (χ0n) is 14.5. The van der Waals surface area contributed by atoms with Gasteiger partial charge in [0.05, 0.1) is 12.4 Å². The lowest BCUT2D eigenvalue weighted by atomic mass is 9.82. The van der Waals surface area contributed by atoms with Gasteiger partial charge in [-0.2, -0.15) is 0 Å². The smallest absolute Gasteiger partial charge is 0.0941 e. The van der Waals surface area contributed by atoms with Crippen LogP contribution in [-0.2, 0) is 0 Å². The van der Waals surface area contributed by atoms with E-state index in [0.29, 0.717) is 18.4 Å². The Morgan fingerprint density at radius 1 is 1.30 bits per heavy atom. The van der Waals surface area contributed by atoms with Gasteiger partial charge in [-0.25, -0.2) is 0 Å². The van der Waals surface area contributed by atoms with Gasteiger partial charge < -0.3 is 5.73 Å². The van der Waals surface area contributed by atoms with E-state index in [1.807, 2.05) is 6.08 Å². The maximum absolute atomic E-state index is 5.87. The van der Waals surface area contributed by atoms with E-state index in [2.05, 4.69) is 68.5 Å². The van der Waals surface area contributed by atoms with E-state index in [9.17, 15) is 0 Å². The molecule has 2 unspecified atom stereocenters. The largest absolute Gasteiger partial charge is 0.387 e. The Labute approximate surface area is 141 Å². The molecule has 0 aromatic carbocycles. The summed E-state index contributed by atoms with van der Waals surface area (Å²) in [6, 6.07) is 0. The molecule has 124 valence electrons. The van der Waals surface area contributed by atoms with Crippen LogP contribution in [0.25, 0.3) is 0 Å². The fourth-order valence-corrected chi connectivity index (χ4v) is 2.62. The van der Waals surface area contributed by atoms with Crippen molar-refractivity contribution in [3.63, 3.8) is 0 Å². The van der Waals surface area contributed by atoms with Gasteiger partial charge in [0.2, 0.25) is 0 Å². The van der Waals surface area contributed by atoms with Gasteiger partial charge in [0.15, 0.2) is 0 Å². The van der Waals surface area contributed by atoms with Crippen LogP contribution in [0, 0.1) is 11.8 Å². The lowest BCUT2D eigenvalue weighted by Crippen LogP contribution is -2.13. The molecule has 0 fully saturated rings. The first kappa shape index (κ1) is 19.0. The first-order valence-electron chi connectivity index (χ1n) is 8.35. The topological polar surface area (TPSA) is 38.4 Å². The Bertz CT molecular complexity index is 544.